The van der Waals surface area contributed by atoms with Gasteiger partial charge >= 0.3 is 0 Å². The third-order valence-corrected chi connectivity index (χ3v) is 4.60. The molecule has 2 rings (SSSR count). The van der Waals surface area contributed by atoms with Crippen LogP contribution < -0.4 is 4.90 Å². The first kappa shape index (κ1) is 13.2. The predicted molar refractivity (Wildman–Crippen MR) is 77.0 cm³/mol. The molecule has 1 aromatic heterocycles. The minimum atomic E-state index is 0.548. The van der Waals surface area contributed by atoms with Crippen molar-refractivity contribution in [1.29, 1.82) is 0 Å². The summed E-state index contributed by atoms with van der Waals surface area (Å²) in [4.78, 5) is 6.95. The maximum Gasteiger partial charge on any atom is 0.143 e. The number of hydrogen-bond donors (Lipinski definition) is 0. The standard InChI is InChI=1S/C13H18BrClN2/c1-10-6-8-16-13(12(10)14)17-9-3-2-4-11(17)5-7-15/h6,8,11H,2-5,7,9H2,1H3. The number of aryl methyl sites for hydroxylation is 1. The van der Waals surface area contributed by atoms with E-state index in [1.165, 1.54) is 24.8 Å². The van der Waals surface area contributed by atoms with Crippen molar-refractivity contribution in [3.05, 3.63) is 22.3 Å². The third-order valence-electron chi connectivity index (χ3n) is 3.41. The summed E-state index contributed by atoms with van der Waals surface area (Å²) in [6.45, 7) is 3.20. The number of halogens is 2. The highest BCUT2D eigenvalue weighted by Crippen LogP contribution is 2.32. The molecule has 1 aliphatic rings. The second-order valence-corrected chi connectivity index (χ2v) is 5.76. The first-order chi connectivity index (χ1) is 8.24. The largest absolute Gasteiger partial charge is 0.353 e. The van der Waals surface area contributed by atoms with Crippen molar-refractivity contribution in [2.24, 2.45) is 0 Å². The number of aromatic nitrogens is 1. The van der Waals surface area contributed by atoms with E-state index in [0.29, 0.717) is 6.04 Å². The maximum absolute atomic E-state index is 5.90. The van der Waals surface area contributed by atoms with E-state index in [9.17, 15) is 0 Å². The molecule has 0 saturated carbocycles. The van der Waals surface area contributed by atoms with E-state index in [1.54, 1.807) is 0 Å². The fourth-order valence-corrected chi connectivity index (χ4v) is 3.15. The van der Waals surface area contributed by atoms with Gasteiger partial charge in [-0.25, -0.2) is 4.98 Å². The van der Waals surface area contributed by atoms with Gasteiger partial charge < -0.3 is 4.90 Å². The van der Waals surface area contributed by atoms with E-state index in [-0.39, 0.29) is 0 Å². The summed E-state index contributed by atoms with van der Waals surface area (Å²) in [6, 6.07) is 2.58. The predicted octanol–water partition coefficient (Wildman–Crippen LogP) is 4.14. The first-order valence-corrected chi connectivity index (χ1v) is 7.50. The third kappa shape index (κ3) is 2.94. The second kappa shape index (κ2) is 6.05. The minimum Gasteiger partial charge on any atom is -0.353 e. The summed E-state index contributed by atoms with van der Waals surface area (Å²) < 4.78 is 1.13. The molecule has 4 heteroatoms. The van der Waals surface area contributed by atoms with Crippen molar-refractivity contribution >= 4 is 33.3 Å². The Morgan fingerprint density at radius 3 is 3.12 bits per heavy atom. The highest BCUT2D eigenvalue weighted by Gasteiger charge is 2.24. The fraction of sp³-hybridized carbons (Fsp3) is 0.615. The summed E-state index contributed by atoms with van der Waals surface area (Å²) in [5, 5.41) is 0. The van der Waals surface area contributed by atoms with Gasteiger partial charge in [-0.3, -0.25) is 0 Å². The molecule has 1 aliphatic heterocycles. The molecular weight excluding hydrogens is 300 g/mol. The average Bonchev–Trinajstić information content (AvgIpc) is 2.34. The zero-order chi connectivity index (χ0) is 12.3. The van der Waals surface area contributed by atoms with Crippen LogP contribution in [0.3, 0.4) is 0 Å². The quantitative estimate of drug-likeness (QED) is 0.779. The maximum atomic E-state index is 5.90. The molecule has 0 spiro atoms. The Labute approximate surface area is 116 Å². The van der Waals surface area contributed by atoms with Crippen molar-refractivity contribution < 1.29 is 0 Å². The van der Waals surface area contributed by atoms with Crippen molar-refractivity contribution in [2.75, 3.05) is 17.3 Å². The Bertz CT molecular complexity index is 382. The number of alkyl halides is 1. The molecule has 0 bridgehead atoms. The van der Waals surface area contributed by atoms with Gasteiger partial charge in [-0.1, -0.05) is 0 Å². The van der Waals surface area contributed by atoms with Gasteiger partial charge in [0.1, 0.15) is 5.82 Å². The van der Waals surface area contributed by atoms with Crippen LogP contribution in [0, 0.1) is 6.92 Å². The van der Waals surface area contributed by atoms with Gasteiger partial charge in [-0.2, -0.15) is 0 Å². The Hall–Kier alpha value is -0.280. The van der Waals surface area contributed by atoms with Crippen molar-refractivity contribution in [1.82, 2.24) is 4.98 Å². The SMILES string of the molecule is Cc1ccnc(N2CCCCC2CCCl)c1Br. The van der Waals surface area contributed by atoms with Gasteiger partial charge in [0, 0.05) is 24.7 Å². The molecule has 1 atom stereocenters. The van der Waals surface area contributed by atoms with Crippen molar-refractivity contribution in [3.8, 4) is 0 Å². The molecule has 1 saturated heterocycles. The van der Waals surface area contributed by atoms with E-state index in [2.05, 4.69) is 32.7 Å². The molecule has 2 heterocycles. The van der Waals surface area contributed by atoms with Crippen LogP contribution in [0.1, 0.15) is 31.2 Å². The van der Waals surface area contributed by atoms with Gasteiger partial charge in [0.2, 0.25) is 0 Å². The van der Waals surface area contributed by atoms with Crippen LogP contribution in [0.5, 0.6) is 0 Å². The lowest BCUT2D eigenvalue weighted by atomic mass is 10.00. The highest BCUT2D eigenvalue weighted by molar-refractivity contribution is 9.10. The van der Waals surface area contributed by atoms with Crippen LogP contribution in [0.2, 0.25) is 0 Å². The second-order valence-electron chi connectivity index (χ2n) is 4.59. The summed E-state index contributed by atoms with van der Waals surface area (Å²) in [5.41, 5.74) is 1.24. The molecule has 0 aromatic carbocycles. The highest BCUT2D eigenvalue weighted by atomic mass is 79.9. The van der Waals surface area contributed by atoms with Crippen LogP contribution in [0.25, 0.3) is 0 Å². The van der Waals surface area contributed by atoms with Crippen LogP contribution in [0.4, 0.5) is 5.82 Å². The Balaban J connectivity index is 2.26. The topological polar surface area (TPSA) is 16.1 Å². The Morgan fingerprint density at radius 1 is 1.53 bits per heavy atom. The molecule has 1 fully saturated rings. The van der Waals surface area contributed by atoms with E-state index in [1.807, 2.05) is 12.3 Å². The Kier molecular flexibility index (Phi) is 4.69. The zero-order valence-corrected chi connectivity index (χ0v) is 12.5. The molecule has 1 aromatic rings. The van der Waals surface area contributed by atoms with Gasteiger partial charge in [-0.05, 0) is 60.2 Å². The lowest BCUT2D eigenvalue weighted by molar-refractivity contribution is 0.447. The van der Waals surface area contributed by atoms with Crippen molar-refractivity contribution in [2.45, 2.75) is 38.6 Å². The molecule has 1 unspecified atom stereocenters. The van der Waals surface area contributed by atoms with Crippen LogP contribution >= 0.6 is 27.5 Å². The van der Waals surface area contributed by atoms with E-state index in [4.69, 9.17) is 11.6 Å². The summed E-state index contributed by atoms with van der Waals surface area (Å²) in [6.07, 6.45) is 6.72. The Morgan fingerprint density at radius 2 is 2.35 bits per heavy atom. The average molecular weight is 318 g/mol. The zero-order valence-electron chi connectivity index (χ0n) is 10.1. The summed E-state index contributed by atoms with van der Waals surface area (Å²) in [5.74, 6) is 1.81. The van der Waals surface area contributed by atoms with Gasteiger partial charge in [0.25, 0.3) is 0 Å². The molecular formula is C13H18BrClN2. The molecule has 94 valence electrons. The van der Waals surface area contributed by atoms with Crippen LogP contribution in [-0.4, -0.2) is 23.5 Å². The fourth-order valence-electron chi connectivity index (χ4n) is 2.43. The number of rotatable bonds is 3. The van der Waals surface area contributed by atoms with Gasteiger partial charge in [-0.15, -0.1) is 11.6 Å². The number of piperidine rings is 1. The molecule has 17 heavy (non-hydrogen) atoms. The molecule has 0 N–H and O–H groups in total. The summed E-state index contributed by atoms with van der Waals surface area (Å²) >= 11 is 9.56. The molecule has 0 aliphatic carbocycles. The summed E-state index contributed by atoms with van der Waals surface area (Å²) in [7, 11) is 0. The van der Waals surface area contributed by atoms with E-state index in [0.717, 1.165) is 29.1 Å². The van der Waals surface area contributed by atoms with Crippen LogP contribution in [-0.2, 0) is 0 Å². The number of nitrogens with zero attached hydrogens (tertiary/aromatic N) is 2. The minimum absolute atomic E-state index is 0.548. The van der Waals surface area contributed by atoms with Crippen molar-refractivity contribution in [3.63, 3.8) is 0 Å². The van der Waals surface area contributed by atoms with Crippen LogP contribution in [0.15, 0.2) is 16.7 Å². The van der Waals surface area contributed by atoms with E-state index < -0.39 is 0 Å². The molecule has 0 radical (unpaired) electrons. The number of pyridine rings is 1. The molecule has 2 nitrogen and oxygen atoms in total. The number of anilines is 1. The number of hydrogen-bond acceptors (Lipinski definition) is 2. The van der Waals surface area contributed by atoms with Gasteiger partial charge in [0.15, 0.2) is 0 Å². The van der Waals surface area contributed by atoms with Gasteiger partial charge in [0.05, 0.1) is 4.47 Å². The first-order valence-electron chi connectivity index (χ1n) is 6.17. The molecule has 0 amide bonds. The lowest BCUT2D eigenvalue weighted by Gasteiger charge is -2.37. The monoisotopic (exact) mass is 316 g/mol. The normalized spacial score (nSPS) is 20.6. The van der Waals surface area contributed by atoms with E-state index >= 15 is 0 Å². The smallest absolute Gasteiger partial charge is 0.143 e. The lowest BCUT2D eigenvalue weighted by Crippen LogP contribution is -2.40.